The monoisotopic (exact) mass is 451 g/mol. The number of esters is 1. The Morgan fingerprint density at radius 3 is 2.27 bits per heavy atom. The molecule has 1 heterocycles. The summed E-state index contributed by atoms with van der Waals surface area (Å²) in [6.07, 6.45) is 2.29. The van der Waals surface area contributed by atoms with E-state index in [9.17, 15) is 14.0 Å². The Hall–Kier alpha value is -3.61. The molecule has 6 nitrogen and oxygen atoms in total. The number of rotatable bonds is 5. The van der Waals surface area contributed by atoms with E-state index in [0.29, 0.717) is 28.3 Å². The van der Waals surface area contributed by atoms with Crippen molar-refractivity contribution >= 4 is 11.8 Å². The van der Waals surface area contributed by atoms with Gasteiger partial charge in [0.2, 0.25) is 0 Å². The minimum atomic E-state index is -0.593. The van der Waals surface area contributed by atoms with Gasteiger partial charge in [0.15, 0.2) is 11.5 Å². The number of hydrogen-bond acceptors (Lipinski definition) is 6. The molecule has 0 saturated carbocycles. The van der Waals surface area contributed by atoms with Crippen molar-refractivity contribution in [3.8, 4) is 11.5 Å². The Kier molecular flexibility index (Phi) is 6.22. The molecular weight excluding hydrogens is 425 g/mol. The zero-order chi connectivity index (χ0) is 23.7. The van der Waals surface area contributed by atoms with Crippen molar-refractivity contribution in [2.45, 2.75) is 25.2 Å². The largest absolute Gasteiger partial charge is 0.493 e. The standard InChI is InChI=1S/C26H26FNO5/c1-14-23(26(30)33-4)24(15-5-8-18(27)9-6-15)25-19(28-14)11-17(12-20(25)29)16-7-10-21(31-2)22(13-16)32-3/h5-11,13,17,24-25,28H,12H2,1-4H3. The highest BCUT2D eigenvalue weighted by Gasteiger charge is 2.44. The molecule has 7 heteroatoms. The highest BCUT2D eigenvalue weighted by molar-refractivity contribution is 5.96. The summed E-state index contributed by atoms with van der Waals surface area (Å²) >= 11 is 0. The van der Waals surface area contributed by atoms with Crippen LogP contribution >= 0.6 is 0 Å². The maximum atomic E-state index is 13.6. The van der Waals surface area contributed by atoms with E-state index in [1.807, 2.05) is 24.3 Å². The lowest BCUT2D eigenvalue weighted by atomic mass is 9.68. The fourth-order valence-electron chi connectivity index (χ4n) is 4.78. The molecule has 3 unspecified atom stereocenters. The predicted octanol–water partition coefficient (Wildman–Crippen LogP) is 4.23. The second-order valence-corrected chi connectivity index (χ2v) is 8.18. The van der Waals surface area contributed by atoms with Crippen LogP contribution in [-0.4, -0.2) is 33.1 Å². The van der Waals surface area contributed by atoms with Gasteiger partial charge in [-0.1, -0.05) is 24.3 Å². The maximum absolute atomic E-state index is 13.6. The van der Waals surface area contributed by atoms with Gasteiger partial charge in [0.1, 0.15) is 11.6 Å². The normalized spacial score (nSPS) is 22.2. The molecule has 0 aromatic heterocycles. The molecule has 0 fully saturated rings. The summed E-state index contributed by atoms with van der Waals surface area (Å²) < 4.78 is 29.4. The number of ketones is 1. The van der Waals surface area contributed by atoms with Crippen LogP contribution in [0.5, 0.6) is 11.5 Å². The average Bonchev–Trinajstić information content (AvgIpc) is 2.82. The van der Waals surface area contributed by atoms with Crippen LogP contribution in [0.3, 0.4) is 0 Å². The molecule has 0 spiro atoms. The van der Waals surface area contributed by atoms with Crippen molar-refractivity contribution in [1.82, 2.24) is 5.32 Å². The van der Waals surface area contributed by atoms with E-state index in [1.54, 1.807) is 33.3 Å². The fourth-order valence-corrected chi connectivity index (χ4v) is 4.78. The quantitative estimate of drug-likeness (QED) is 0.686. The number of ether oxygens (including phenoxy) is 3. The van der Waals surface area contributed by atoms with Crippen molar-refractivity contribution in [3.05, 3.63) is 82.5 Å². The van der Waals surface area contributed by atoms with Crippen molar-refractivity contribution in [2.75, 3.05) is 21.3 Å². The summed E-state index contributed by atoms with van der Waals surface area (Å²) in [5, 5.41) is 3.27. The second kappa shape index (κ2) is 9.10. The molecule has 3 atom stereocenters. The molecule has 4 rings (SSSR count). The highest BCUT2D eigenvalue weighted by atomic mass is 19.1. The van der Waals surface area contributed by atoms with Crippen LogP contribution in [0.4, 0.5) is 4.39 Å². The number of nitrogens with one attached hydrogen (secondary N) is 1. The topological polar surface area (TPSA) is 73.9 Å². The first-order valence-corrected chi connectivity index (χ1v) is 10.7. The molecule has 0 saturated heterocycles. The molecule has 33 heavy (non-hydrogen) atoms. The van der Waals surface area contributed by atoms with Crippen LogP contribution in [0.15, 0.2) is 65.5 Å². The minimum absolute atomic E-state index is 0.0111. The van der Waals surface area contributed by atoms with Gasteiger partial charge in [-0.3, -0.25) is 4.79 Å². The SMILES string of the molecule is COC(=O)C1=C(C)NC2=CC(c3ccc(OC)c(OC)c3)CC(=O)C2C1c1ccc(F)cc1. The molecule has 1 aliphatic heterocycles. The van der Waals surface area contributed by atoms with E-state index in [2.05, 4.69) is 5.32 Å². The molecule has 1 aliphatic carbocycles. The van der Waals surface area contributed by atoms with Crippen molar-refractivity contribution in [1.29, 1.82) is 0 Å². The Labute approximate surface area is 192 Å². The molecule has 0 radical (unpaired) electrons. The number of Topliss-reactive ketones (excluding diaryl/α,β-unsaturated/α-hetero) is 1. The summed E-state index contributed by atoms with van der Waals surface area (Å²) in [6, 6.07) is 11.5. The molecular formula is C26H26FNO5. The summed E-state index contributed by atoms with van der Waals surface area (Å²) in [5.41, 5.74) is 3.33. The summed E-state index contributed by atoms with van der Waals surface area (Å²) in [7, 11) is 4.45. The first-order valence-electron chi connectivity index (χ1n) is 10.7. The molecule has 2 aliphatic rings. The summed E-state index contributed by atoms with van der Waals surface area (Å²) in [4.78, 5) is 26.2. The predicted molar refractivity (Wildman–Crippen MR) is 120 cm³/mol. The lowest BCUT2D eigenvalue weighted by Gasteiger charge is -2.39. The van der Waals surface area contributed by atoms with Gasteiger partial charge in [-0.05, 0) is 42.3 Å². The highest BCUT2D eigenvalue weighted by Crippen LogP contribution is 2.46. The second-order valence-electron chi connectivity index (χ2n) is 8.18. The molecule has 1 N–H and O–H groups in total. The van der Waals surface area contributed by atoms with Crippen LogP contribution in [0.1, 0.15) is 36.3 Å². The number of hydrogen-bond donors (Lipinski definition) is 1. The maximum Gasteiger partial charge on any atom is 0.336 e. The Balaban J connectivity index is 1.80. The first kappa shape index (κ1) is 22.6. The van der Waals surface area contributed by atoms with E-state index in [1.165, 1.54) is 19.2 Å². The summed E-state index contributed by atoms with van der Waals surface area (Å²) in [5.74, 6) is -1.03. The van der Waals surface area contributed by atoms with Gasteiger partial charge in [-0.15, -0.1) is 0 Å². The average molecular weight is 451 g/mol. The molecule has 0 amide bonds. The third kappa shape index (κ3) is 4.11. The third-order valence-electron chi connectivity index (χ3n) is 6.33. The van der Waals surface area contributed by atoms with E-state index in [-0.39, 0.29) is 23.9 Å². The van der Waals surface area contributed by atoms with Crippen molar-refractivity contribution in [3.63, 3.8) is 0 Å². The molecule has 2 aromatic carbocycles. The Morgan fingerprint density at radius 2 is 1.64 bits per heavy atom. The van der Waals surface area contributed by atoms with Crippen LogP contribution in [0.2, 0.25) is 0 Å². The van der Waals surface area contributed by atoms with Gasteiger partial charge in [0, 0.05) is 29.7 Å². The zero-order valence-electron chi connectivity index (χ0n) is 19.0. The van der Waals surface area contributed by atoms with Crippen LogP contribution in [-0.2, 0) is 14.3 Å². The lowest BCUT2D eigenvalue weighted by Crippen LogP contribution is -2.41. The number of carbonyl (C=O) groups excluding carboxylic acids is 2. The van der Waals surface area contributed by atoms with Gasteiger partial charge in [-0.25, -0.2) is 9.18 Å². The Bertz CT molecular complexity index is 1150. The van der Waals surface area contributed by atoms with Gasteiger partial charge in [-0.2, -0.15) is 0 Å². The van der Waals surface area contributed by atoms with Crippen molar-refractivity contribution < 1.29 is 28.2 Å². The first-order chi connectivity index (χ1) is 15.9. The minimum Gasteiger partial charge on any atom is -0.493 e. The van der Waals surface area contributed by atoms with Gasteiger partial charge in [0.05, 0.1) is 32.8 Å². The van der Waals surface area contributed by atoms with Gasteiger partial charge < -0.3 is 19.5 Å². The molecule has 172 valence electrons. The number of benzene rings is 2. The zero-order valence-corrected chi connectivity index (χ0v) is 19.0. The number of methoxy groups -OCH3 is 3. The third-order valence-corrected chi connectivity index (χ3v) is 6.33. The van der Waals surface area contributed by atoms with E-state index in [0.717, 1.165) is 11.3 Å². The van der Waals surface area contributed by atoms with E-state index < -0.39 is 17.8 Å². The van der Waals surface area contributed by atoms with Gasteiger partial charge in [0.25, 0.3) is 0 Å². The van der Waals surface area contributed by atoms with Crippen LogP contribution in [0, 0.1) is 11.7 Å². The Morgan fingerprint density at radius 1 is 0.970 bits per heavy atom. The number of halogens is 1. The molecule has 2 aromatic rings. The molecule has 0 bridgehead atoms. The van der Waals surface area contributed by atoms with Gasteiger partial charge >= 0.3 is 5.97 Å². The number of carbonyl (C=O) groups is 2. The van der Waals surface area contributed by atoms with E-state index >= 15 is 0 Å². The smallest absolute Gasteiger partial charge is 0.336 e. The number of allylic oxidation sites excluding steroid dienone is 3. The van der Waals surface area contributed by atoms with Crippen LogP contribution < -0.4 is 14.8 Å². The lowest BCUT2D eigenvalue weighted by molar-refractivity contribution is -0.136. The number of fused-ring (bicyclic) bond motifs is 1. The summed E-state index contributed by atoms with van der Waals surface area (Å²) in [6.45, 7) is 1.78. The fraction of sp³-hybridized carbons (Fsp3) is 0.308. The van der Waals surface area contributed by atoms with Crippen molar-refractivity contribution in [2.24, 2.45) is 5.92 Å². The van der Waals surface area contributed by atoms with Crippen LogP contribution in [0.25, 0.3) is 0 Å². The van der Waals surface area contributed by atoms with E-state index in [4.69, 9.17) is 14.2 Å².